The predicted octanol–water partition coefficient (Wildman–Crippen LogP) is 0.185. The van der Waals surface area contributed by atoms with E-state index in [0.29, 0.717) is 0 Å². The minimum Gasteiger partial charge on any atom is -0.343 e. The van der Waals surface area contributed by atoms with Gasteiger partial charge in [-0.05, 0) is 0 Å². The van der Waals surface area contributed by atoms with Gasteiger partial charge < -0.3 is 6.92 Å². The van der Waals surface area contributed by atoms with Crippen LogP contribution in [0.5, 0.6) is 0 Å². The summed E-state index contributed by atoms with van der Waals surface area (Å²) in [5, 5.41) is 0. The van der Waals surface area contributed by atoms with Crippen LogP contribution in [0.15, 0.2) is 0 Å². The smallest absolute Gasteiger partial charge is 0.343 e. The van der Waals surface area contributed by atoms with Gasteiger partial charge in [-0.1, -0.05) is 39.0 Å². The molecule has 0 saturated heterocycles. The molecule has 9 heavy (non-hydrogen) atoms. The van der Waals surface area contributed by atoms with Crippen molar-refractivity contribution in [2.45, 2.75) is 45.4 Å². The Morgan fingerprint density at radius 1 is 1.00 bits per heavy atom. The molecule has 0 heterocycles. The van der Waals surface area contributed by atoms with E-state index in [1.807, 2.05) is 0 Å². The molecule has 0 nitrogen and oxygen atoms in total. The van der Waals surface area contributed by atoms with Crippen molar-refractivity contribution >= 4 is 0 Å². The summed E-state index contributed by atoms with van der Waals surface area (Å²) in [7, 11) is 0. The van der Waals surface area contributed by atoms with Crippen molar-refractivity contribution < 1.29 is 51.4 Å². The van der Waals surface area contributed by atoms with E-state index in [-0.39, 0.29) is 51.4 Å². The summed E-state index contributed by atoms with van der Waals surface area (Å²) in [6.45, 7) is 6.02. The molecule has 0 aliphatic rings. The summed E-state index contributed by atoms with van der Waals surface area (Å²) in [4.78, 5) is 0. The Hall–Kier alpha value is 1.64. The van der Waals surface area contributed by atoms with Crippen LogP contribution in [0.1, 0.15) is 45.4 Å². The van der Waals surface area contributed by atoms with Crippen molar-refractivity contribution in [2.24, 2.45) is 0 Å². The van der Waals surface area contributed by atoms with Gasteiger partial charge in [0.1, 0.15) is 0 Å². The first-order chi connectivity index (χ1) is 3.91. The predicted molar refractivity (Wildman–Crippen MR) is 38.7 cm³/mol. The van der Waals surface area contributed by atoms with Gasteiger partial charge in [-0.2, -0.15) is 6.42 Å². The Bertz CT molecular complexity index is 29.5. The van der Waals surface area contributed by atoms with Crippen molar-refractivity contribution in [2.75, 3.05) is 0 Å². The topological polar surface area (TPSA) is 0 Å². The van der Waals surface area contributed by atoms with Crippen LogP contribution in [0.3, 0.4) is 0 Å². The van der Waals surface area contributed by atoms with Gasteiger partial charge in [0, 0.05) is 0 Å². The number of unbranched alkanes of at least 4 members (excludes halogenated alkanes) is 5. The van der Waals surface area contributed by atoms with Crippen LogP contribution in [0.25, 0.3) is 0 Å². The van der Waals surface area contributed by atoms with Gasteiger partial charge >= 0.3 is 51.4 Å². The maximum atomic E-state index is 3.78. The maximum absolute atomic E-state index is 3.78. The molecule has 1 heteroatoms. The van der Waals surface area contributed by atoms with Crippen molar-refractivity contribution in [1.29, 1.82) is 0 Å². The molecule has 0 rings (SSSR count). The van der Waals surface area contributed by atoms with Gasteiger partial charge in [0.05, 0.1) is 0 Å². The van der Waals surface area contributed by atoms with Crippen LogP contribution in [-0.4, -0.2) is 0 Å². The average molecular weight is 152 g/mol. The minimum atomic E-state index is 0. The van der Waals surface area contributed by atoms with E-state index < -0.39 is 0 Å². The second kappa shape index (κ2) is 12.3. The van der Waals surface area contributed by atoms with E-state index in [4.69, 9.17) is 0 Å². The molecule has 0 aromatic rings. The van der Waals surface area contributed by atoms with Crippen molar-refractivity contribution in [3.8, 4) is 0 Å². The van der Waals surface area contributed by atoms with E-state index in [2.05, 4.69) is 13.8 Å². The third-order valence-corrected chi connectivity index (χ3v) is 1.35. The second-order valence-corrected chi connectivity index (χ2v) is 2.27. The fourth-order valence-corrected chi connectivity index (χ4v) is 0.780. The molecule has 0 fully saturated rings. The first-order valence-corrected chi connectivity index (χ1v) is 3.71. The van der Waals surface area contributed by atoms with E-state index in [1.165, 1.54) is 32.1 Å². The Morgan fingerprint density at radius 2 is 1.56 bits per heavy atom. The second-order valence-electron chi connectivity index (χ2n) is 2.27. The molecule has 0 saturated carbocycles. The summed E-state index contributed by atoms with van der Waals surface area (Å²) >= 11 is 0. The Balaban J connectivity index is 0. The van der Waals surface area contributed by atoms with E-state index in [1.54, 1.807) is 0 Å². The molecule has 0 aliphatic carbocycles. The Kier molecular flexibility index (Phi) is 18.1. The molecule has 0 spiro atoms. The summed E-state index contributed by atoms with van der Waals surface area (Å²) in [6, 6.07) is 0. The zero-order chi connectivity index (χ0) is 6.24. The molecular weight excluding hydrogens is 135 g/mol. The number of rotatable bonds is 5. The van der Waals surface area contributed by atoms with Crippen LogP contribution in [0, 0.1) is 6.92 Å². The van der Waals surface area contributed by atoms with Gasteiger partial charge in [-0.3, -0.25) is 0 Å². The molecule has 0 aliphatic heterocycles. The standard InChI is InChI=1S/C8H17.K/c1-3-5-7-8-6-4-2;/h1,3-8H2,2H3;/q-1;+1. The summed E-state index contributed by atoms with van der Waals surface area (Å²) in [6.07, 6.45) is 7.98. The fourth-order valence-electron chi connectivity index (χ4n) is 0.780. The molecule has 0 aromatic carbocycles. The van der Waals surface area contributed by atoms with E-state index in [0.717, 1.165) is 6.42 Å². The first kappa shape index (κ1) is 13.2. The molecule has 0 unspecified atom stereocenters. The fraction of sp³-hybridized carbons (Fsp3) is 0.875. The number of hydrogen-bond acceptors (Lipinski definition) is 0. The zero-order valence-electron chi connectivity index (χ0n) is 6.95. The molecular formula is C8H17K. The van der Waals surface area contributed by atoms with Gasteiger partial charge in [-0.25, -0.2) is 0 Å². The molecule has 0 amide bonds. The molecule has 50 valence electrons. The Morgan fingerprint density at radius 3 is 2.00 bits per heavy atom. The number of hydrogen-bond donors (Lipinski definition) is 0. The SMILES string of the molecule is [CH2-]CCCCCCC.[K+]. The van der Waals surface area contributed by atoms with E-state index in [9.17, 15) is 0 Å². The molecule has 0 bridgehead atoms. The van der Waals surface area contributed by atoms with E-state index >= 15 is 0 Å². The molecule has 0 atom stereocenters. The molecule has 0 radical (unpaired) electrons. The minimum absolute atomic E-state index is 0. The molecule has 0 N–H and O–H groups in total. The molecule has 0 aromatic heterocycles. The largest absolute Gasteiger partial charge is 1.00 e. The van der Waals surface area contributed by atoms with Crippen molar-refractivity contribution in [3.05, 3.63) is 6.92 Å². The van der Waals surface area contributed by atoms with Gasteiger partial charge in [-0.15, -0.1) is 0 Å². The van der Waals surface area contributed by atoms with Crippen LogP contribution in [0.2, 0.25) is 0 Å². The summed E-state index contributed by atoms with van der Waals surface area (Å²) in [5.74, 6) is 0. The van der Waals surface area contributed by atoms with Gasteiger partial charge in [0.2, 0.25) is 0 Å². The Labute approximate surface area is 102 Å². The van der Waals surface area contributed by atoms with Crippen LogP contribution < -0.4 is 51.4 Å². The third kappa shape index (κ3) is 12.8. The van der Waals surface area contributed by atoms with Gasteiger partial charge in [0.25, 0.3) is 0 Å². The maximum Gasteiger partial charge on any atom is 1.00 e. The first-order valence-electron chi connectivity index (χ1n) is 3.71. The van der Waals surface area contributed by atoms with Crippen LogP contribution >= 0.6 is 0 Å². The third-order valence-electron chi connectivity index (χ3n) is 1.35. The zero-order valence-corrected chi connectivity index (χ0v) is 10.1. The monoisotopic (exact) mass is 152 g/mol. The van der Waals surface area contributed by atoms with Crippen LogP contribution in [0.4, 0.5) is 0 Å². The van der Waals surface area contributed by atoms with Crippen molar-refractivity contribution in [1.82, 2.24) is 0 Å². The van der Waals surface area contributed by atoms with Crippen molar-refractivity contribution in [3.63, 3.8) is 0 Å². The quantitative estimate of drug-likeness (QED) is 0.300. The summed E-state index contributed by atoms with van der Waals surface area (Å²) in [5.41, 5.74) is 0. The van der Waals surface area contributed by atoms with Crippen LogP contribution in [-0.2, 0) is 0 Å². The normalized spacial score (nSPS) is 8.67. The van der Waals surface area contributed by atoms with Gasteiger partial charge in [0.15, 0.2) is 0 Å². The summed E-state index contributed by atoms with van der Waals surface area (Å²) < 4.78 is 0. The average Bonchev–Trinajstić information content (AvgIpc) is 1.81.